The molecule has 2 N–H and O–H groups in total. The highest BCUT2D eigenvalue weighted by molar-refractivity contribution is 5.79. The molecule has 0 bridgehead atoms. The van der Waals surface area contributed by atoms with Crippen LogP contribution in [0.2, 0.25) is 0 Å². The molecule has 80 valence electrons. The first-order valence-electron chi connectivity index (χ1n) is 5.78. The molecule has 2 rings (SSSR count). The van der Waals surface area contributed by atoms with Crippen molar-refractivity contribution in [3.05, 3.63) is 0 Å². The minimum atomic E-state index is 0.219. The summed E-state index contributed by atoms with van der Waals surface area (Å²) < 4.78 is 0. The van der Waals surface area contributed by atoms with Crippen molar-refractivity contribution in [2.75, 3.05) is 13.1 Å². The molecule has 1 heterocycles. The minimum absolute atomic E-state index is 0.219. The van der Waals surface area contributed by atoms with Crippen molar-refractivity contribution in [3.8, 4) is 0 Å². The fraction of sp³-hybridized carbons (Fsp3) is 0.909. The van der Waals surface area contributed by atoms with Gasteiger partial charge < -0.3 is 10.6 Å². The van der Waals surface area contributed by atoms with Gasteiger partial charge in [-0.1, -0.05) is 6.92 Å². The second-order valence-electron chi connectivity index (χ2n) is 4.71. The number of nitrogens with one attached hydrogen (secondary N) is 2. The summed E-state index contributed by atoms with van der Waals surface area (Å²) in [5, 5.41) is 6.43. The van der Waals surface area contributed by atoms with Crippen molar-refractivity contribution < 1.29 is 4.79 Å². The summed E-state index contributed by atoms with van der Waals surface area (Å²) >= 11 is 0. The zero-order valence-electron chi connectivity index (χ0n) is 8.88. The fourth-order valence-electron chi connectivity index (χ4n) is 2.26. The Hall–Kier alpha value is -0.570. The number of carbonyl (C=O) groups excluding carboxylic acids is 1. The van der Waals surface area contributed by atoms with E-state index in [0.717, 1.165) is 25.9 Å². The van der Waals surface area contributed by atoms with E-state index in [1.54, 1.807) is 0 Å². The average molecular weight is 196 g/mol. The molecule has 0 aromatic heterocycles. The highest BCUT2D eigenvalue weighted by Gasteiger charge is 2.30. The molecule has 3 atom stereocenters. The van der Waals surface area contributed by atoms with Crippen LogP contribution in [0.4, 0.5) is 0 Å². The monoisotopic (exact) mass is 196 g/mol. The van der Waals surface area contributed by atoms with Gasteiger partial charge in [-0.2, -0.15) is 0 Å². The zero-order valence-corrected chi connectivity index (χ0v) is 8.88. The van der Waals surface area contributed by atoms with Gasteiger partial charge in [0.15, 0.2) is 0 Å². The van der Waals surface area contributed by atoms with Gasteiger partial charge in [0.2, 0.25) is 5.91 Å². The predicted octanol–water partition coefficient (Wildman–Crippen LogP) is 0.901. The number of carbonyl (C=O) groups is 1. The highest BCUT2D eigenvalue weighted by Crippen LogP contribution is 2.26. The topological polar surface area (TPSA) is 41.1 Å². The maximum atomic E-state index is 11.8. The number of amides is 1. The summed E-state index contributed by atoms with van der Waals surface area (Å²) in [6.45, 7) is 4.16. The average Bonchev–Trinajstić information content (AvgIpc) is 2.24. The Morgan fingerprint density at radius 1 is 1.36 bits per heavy atom. The van der Waals surface area contributed by atoms with Crippen LogP contribution in [0, 0.1) is 11.8 Å². The lowest BCUT2D eigenvalue weighted by Gasteiger charge is -2.36. The van der Waals surface area contributed by atoms with Crippen molar-refractivity contribution in [1.29, 1.82) is 0 Å². The van der Waals surface area contributed by atoms with Crippen molar-refractivity contribution in [3.63, 3.8) is 0 Å². The van der Waals surface area contributed by atoms with E-state index in [2.05, 4.69) is 17.6 Å². The summed E-state index contributed by atoms with van der Waals surface area (Å²) in [4.78, 5) is 11.8. The normalized spacial score (nSPS) is 37.4. The van der Waals surface area contributed by atoms with Crippen LogP contribution in [0.1, 0.15) is 32.6 Å². The first-order chi connectivity index (χ1) is 6.77. The summed E-state index contributed by atoms with van der Waals surface area (Å²) in [5.41, 5.74) is 0. The number of hydrogen-bond acceptors (Lipinski definition) is 2. The summed E-state index contributed by atoms with van der Waals surface area (Å²) in [5.74, 6) is 1.18. The lowest BCUT2D eigenvalue weighted by Crippen LogP contribution is -2.50. The van der Waals surface area contributed by atoms with E-state index < -0.39 is 0 Å². The van der Waals surface area contributed by atoms with Gasteiger partial charge in [-0.3, -0.25) is 4.79 Å². The number of piperidine rings is 1. The SMILES string of the molecule is CC1CCC1NC(=O)C1CCCNC1. The van der Waals surface area contributed by atoms with Crippen molar-refractivity contribution in [2.45, 2.75) is 38.6 Å². The number of rotatable bonds is 2. The molecule has 1 amide bonds. The van der Waals surface area contributed by atoms with E-state index in [4.69, 9.17) is 0 Å². The third-order valence-electron chi connectivity index (χ3n) is 3.62. The third-order valence-corrected chi connectivity index (χ3v) is 3.62. The molecule has 1 aliphatic heterocycles. The van der Waals surface area contributed by atoms with Gasteiger partial charge in [0.1, 0.15) is 0 Å². The van der Waals surface area contributed by atoms with Gasteiger partial charge >= 0.3 is 0 Å². The molecular formula is C11H20N2O. The Balaban J connectivity index is 1.76. The zero-order chi connectivity index (χ0) is 9.97. The van der Waals surface area contributed by atoms with Gasteiger partial charge in [0, 0.05) is 12.6 Å². The summed E-state index contributed by atoms with van der Waals surface area (Å²) in [7, 11) is 0. The Morgan fingerprint density at radius 2 is 2.21 bits per heavy atom. The Kier molecular flexibility index (Phi) is 3.06. The second kappa shape index (κ2) is 4.30. The smallest absolute Gasteiger partial charge is 0.224 e. The van der Waals surface area contributed by atoms with Crippen LogP contribution in [0.25, 0.3) is 0 Å². The quantitative estimate of drug-likeness (QED) is 0.689. The molecule has 0 spiro atoms. The lowest BCUT2D eigenvalue weighted by atomic mass is 9.81. The number of hydrogen-bond donors (Lipinski definition) is 2. The Bertz CT molecular complexity index is 211. The third kappa shape index (κ3) is 2.08. The van der Waals surface area contributed by atoms with Crippen LogP contribution < -0.4 is 10.6 Å². The van der Waals surface area contributed by atoms with Gasteiger partial charge in [-0.25, -0.2) is 0 Å². The first-order valence-corrected chi connectivity index (χ1v) is 5.78. The molecule has 0 aromatic carbocycles. The molecule has 2 fully saturated rings. The standard InChI is InChI=1S/C11H20N2O/c1-8-4-5-10(8)13-11(14)9-3-2-6-12-7-9/h8-10,12H,2-7H2,1H3,(H,13,14). The molecule has 1 aliphatic carbocycles. The first kappa shape index (κ1) is 9.97. The minimum Gasteiger partial charge on any atom is -0.353 e. The van der Waals surface area contributed by atoms with Crippen LogP contribution in [0.15, 0.2) is 0 Å². The van der Waals surface area contributed by atoms with E-state index in [1.807, 2.05) is 0 Å². The van der Waals surface area contributed by atoms with Crippen molar-refractivity contribution in [2.24, 2.45) is 11.8 Å². The highest BCUT2D eigenvalue weighted by atomic mass is 16.2. The molecule has 2 aliphatic rings. The molecule has 3 unspecified atom stereocenters. The largest absolute Gasteiger partial charge is 0.353 e. The fourth-order valence-corrected chi connectivity index (χ4v) is 2.26. The van der Waals surface area contributed by atoms with E-state index in [-0.39, 0.29) is 11.8 Å². The van der Waals surface area contributed by atoms with E-state index >= 15 is 0 Å². The lowest BCUT2D eigenvalue weighted by molar-refractivity contribution is -0.127. The van der Waals surface area contributed by atoms with Crippen molar-refractivity contribution >= 4 is 5.91 Å². The molecule has 0 aromatic rings. The molecule has 1 saturated heterocycles. The van der Waals surface area contributed by atoms with E-state index in [1.165, 1.54) is 12.8 Å². The summed E-state index contributed by atoms with van der Waals surface area (Å²) in [6.07, 6.45) is 4.64. The summed E-state index contributed by atoms with van der Waals surface area (Å²) in [6, 6.07) is 0.462. The van der Waals surface area contributed by atoms with Gasteiger partial charge in [-0.15, -0.1) is 0 Å². The van der Waals surface area contributed by atoms with Gasteiger partial charge in [0.25, 0.3) is 0 Å². The van der Waals surface area contributed by atoms with E-state index in [0.29, 0.717) is 12.0 Å². The van der Waals surface area contributed by atoms with Gasteiger partial charge in [0.05, 0.1) is 5.92 Å². The molecule has 0 radical (unpaired) electrons. The predicted molar refractivity (Wildman–Crippen MR) is 55.9 cm³/mol. The van der Waals surface area contributed by atoms with Crippen LogP contribution in [0.3, 0.4) is 0 Å². The Morgan fingerprint density at radius 3 is 2.71 bits per heavy atom. The maximum absolute atomic E-state index is 11.8. The van der Waals surface area contributed by atoms with Crippen LogP contribution in [-0.4, -0.2) is 25.0 Å². The second-order valence-corrected chi connectivity index (χ2v) is 4.71. The molecule has 3 heteroatoms. The molecular weight excluding hydrogens is 176 g/mol. The van der Waals surface area contributed by atoms with Crippen LogP contribution in [-0.2, 0) is 4.79 Å². The van der Waals surface area contributed by atoms with E-state index in [9.17, 15) is 4.79 Å². The Labute approximate surface area is 85.6 Å². The molecule has 3 nitrogen and oxygen atoms in total. The molecule has 14 heavy (non-hydrogen) atoms. The van der Waals surface area contributed by atoms with Gasteiger partial charge in [-0.05, 0) is 38.1 Å². The maximum Gasteiger partial charge on any atom is 0.224 e. The molecule has 1 saturated carbocycles. The van der Waals surface area contributed by atoms with Crippen molar-refractivity contribution in [1.82, 2.24) is 10.6 Å². The van der Waals surface area contributed by atoms with Crippen LogP contribution in [0.5, 0.6) is 0 Å². The van der Waals surface area contributed by atoms with Crippen LogP contribution >= 0.6 is 0 Å².